The maximum absolute atomic E-state index is 10.4. The number of carbonyl (C=O) groups is 1. The number of hydrogen-bond acceptors (Lipinski definition) is 1. The molecule has 86 valence electrons. The summed E-state index contributed by atoms with van der Waals surface area (Å²) in [4.78, 5) is 10.4. The van der Waals surface area contributed by atoms with Gasteiger partial charge < -0.3 is 0 Å². The molecule has 0 spiro atoms. The first-order valence-corrected chi connectivity index (χ1v) is 5.32. The number of rotatable bonds is 8. The summed E-state index contributed by atoms with van der Waals surface area (Å²) in [6.45, 7) is 17.1. The second kappa shape index (κ2) is 7.63. The molecule has 0 saturated heterocycles. The van der Waals surface area contributed by atoms with Crippen molar-refractivity contribution in [3.63, 3.8) is 0 Å². The molecule has 0 heterocycles. The van der Waals surface area contributed by atoms with E-state index in [1.165, 1.54) is 0 Å². The Labute approximate surface area is 98.6 Å². The quantitative estimate of drug-likeness (QED) is 0.340. The number of carbonyl (C=O) groups excluding carboxylic acids is 1. The third kappa shape index (κ3) is 5.97. The summed E-state index contributed by atoms with van der Waals surface area (Å²) in [6.07, 6.45) is 7.95. The maximum Gasteiger partial charge on any atom is 0.145 e. The van der Waals surface area contributed by atoms with E-state index >= 15 is 0 Å². The average Bonchev–Trinajstić information content (AvgIpc) is 2.31. The zero-order chi connectivity index (χ0) is 12.6. The Balaban J connectivity index is 4.13. The molecular formula is C15H20O. The van der Waals surface area contributed by atoms with Crippen LogP contribution in [0.5, 0.6) is 0 Å². The first kappa shape index (κ1) is 14.4. The van der Waals surface area contributed by atoms with Crippen LogP contribution in [-0.2, 0) is 4.79 Å². The van der Waals surface area contributed by atoms with Gasteiger partial charge in [0.2, 0.25) is 0 Å². The van der Waals surface area contributed by atoms with Crippen molar-refractivity contribution in [3.05, 3.63) is 61.3 Å². The maximum atomic E-state index is 10.4. The van der Waals surface area contributed by atoms with E-state index in [9.17, 15) is 4.79 Å². The minimum Gasteiger partial charge on any atom is -0.298 e. The van der Waals surface area contributed by atoms with Crippen LogP contribution in [-0.4, -0.2) is 6.29 Å². The standard InChI is InChI=1S/C15H20O/c1-6-12(2)7-9-14(4)15(5)10-8-13(3)11-16/h6-7,9,11,15H,1-4,8,10H2,5H3/b9-7-. The molecular weight excluding hydrogens is 196 g/mol. The van der Waals surface area contributed by atoms with Gasteiger partial charge in [0.25, 0.3) is 0 Å². The first-order chi connectivity index (χ1) is 7.51. The lowest BCUT2D eigenvalue weighted by Crippen LogP contribution is -1.97. The van der Waals surface area contributed by atoms with Crippen molar-refractivity contribution in [2.45, 2.75) is 19.8 Å². The summed E-state index contributed by atoms with van der Waals surface area (Å²) in [7, 11) is 0. The summed E-state index contributed by atoms with van der Waals surface area (Å²) in [5.41, 5.74) is 2.53. The fourth-order valence-corrected chi connectivity index (χ4v) is 1.09. The molecule has 0 aromatic heterocycles. The van der Waals surface area contributed by atoms with Gasteiger partial charge in [-0.15, -0.1) is 0 Å². The van der Waals surface area contributed by atoms with Crippen molar-refractivity contribution in [1.29, 1.82) is 0 Å². The number of aldehydes is 1. The van der Waals surface area contributed by atoms with Crippen LogP contribution < -0.4 is 0 Å². The lowest BCUT2D eigenvalue weighted by atomic mass is 9.95. The minimum absolute atomic E-state index is 0.338. The van der Waals surface area contributed by atoms with Gasteiger partial charge in [-0.3, -0.25) is 4.79 Å². The van der Waals surface area contributed by atoms with Crippen LogP contribution in [0.25, 0.3) is 0 Å². The van der Waals surface area contributed by atoms with Gasteiger partial charge in [0, 0.05) is 0 Å². The second-order valence-corrected chi connectivity index (χ2v) is 3.90. The molecule has 0 aromatic rings. The number of hydrogen-bond donors (Lipinski definition) is 0. The van der Waals surface area contributed by atoms with Gasteiger partial charge in [0.15, 0.2) is 0 Å². The molecule has 1 atom stereocenters. The van der Waals surface area contributed by atoms with Gasteiger partial charge in [-0.05, 0) is 29.9 Å². The van der Waals surface area contributed by atoms with Gasteiger partial charge >= 0.3 is 0 Å². The van der Waals surface area contributed by atoms with E-state index in [4.69, 9.17) is 0 Å². The van der Waals surface area contributed by atoms with Crippen LogP contribution >= 0.6 is 0 Å². The summed E-state index contributed by atoms with van der Waals surface area (Å²) in [5, 5.41) is 0. The van der Waals surface area contributed by atoms with E-state index in [-0.39, 0.29) is 0 Å². The normalized spacial score (nSPS) is 12.1. The Morgan fingerprint density at radius 3 is 2.38 bits per heavy atom. The summed E-state index contributed by atoms with van der Waals surface area (Å²) in [5.74, 6) is 0.338. The van der Waals surface area contributed by atoms with E-state index < -0.39 is 0 Å². The molecule has 0 radical (unpaired) electrons. The molecule has 0 fully saturated rings. The predicted octanol–water partition coefficient (Wildman–Crippen LogP) is 4.01. The fourth-order valence-electron chi connectivity index (χ4n) is 1.09. The number of allylic oxidation sites excluding steroid dienone is 6. The summed E-state index contributed by atoms with van der Waals surface area (Å²) >= 11 is 0. The summed E-state index contributed by atoms with van der Waals surface area (Å²) < 4.78 is 0. The molecule has 0 amide bonds. The minimum atomic E-state index is 0.338. The first-order valence-electron chi connectivity index (χ1n) is 5.32. The summed E-state index contributed by atoms with van der Waals surface area (Å²) in [6, 6.07) is 0. The Bertz CT molecular complexity index is 331. The van der Waals surface area contributed by atoms with Crippen LogP contribution in [0.3, 0.4) is 0 Å². The van der Waals surface area contributed by atoms with Gasteiger partial charge in [-0.25, -0.2) is 0 Å². The van der Waals surface area contributed by atoms with E-state index in [2.05, 4.69) is 33.2 Å². The van der Waals surface area contributed by atoms with Gasteiger partial charge in [-0.2, -0.15) is 0 Å². The van der Waals surface area contributed by atoms with Crippen molar-refractivity contribution in [2.24, 2.45) is 5.92 Å². The highest BCUT2D eigenvalue weighted by atomic mass is 16.1. The lowest BCUT2D eigenvalue weighted by molar-refractivity contribution is -0.105. The van der Waals surface area contributed by atoms with Crippen molar-refractivity contribution in [3.8, 4) is 0 Å². The van der Waals surface area contributed by atoms with Crippen LogP contribution in [0.1, 0.15) is 19.8 Å². The molecule has 0 bridgehead atoms. The predicted molar refractivity (Wildman–Crippen MR) is 71.2 cm³/mol. The molecule has 0 N–H and O–H groups in total. The molecule has 1 unspecified atom stereocenters. The topological polar surface area (TPSA) is 17.1 Å². The van der Waals surface area contributed by atoms with Gasteiger partial charge in [0.05, 0.1) is 0 Å². The van der Waals surface area contributed by atoms with Crippen molar-refractivity contribution in [2.75, 3.05) is 0 Å². The van der Waals surface area contributed by atoms with Crippen molar-refractivity contribution in [1.82, 2.24) is 0 Å². The molecule has 0 aliphatic carbocycles. The van der Waals surface area contributed by atoms with E-state index in [0.717, 1.165) is 30.3 Å². The van der Waals surface area contributed by atoms with Crippen LogP contribution in [0.15, 0.2) is 61.3 Å². The smallest absolute Gasteiger partial charge is 0.145 e. The molecule has 0 rings (SSSR count). The van der Waals surface area contributed by atoms with Crippen molar-refractivity contribution < 1.29 is 4.79 Å². The highest BCUT2D eigenvalue weighted by molar-refractivity contribution is 5.71. The van der Waals surface area contributed by atoms with Gasteiger partial charge in [0.1, 0.15) is 6.29 Å². The SMILES string of the molecule is C=CC(=C)/C=C\C(=C)C(C)CCC(=C)C=O. The lowest BCUT2D eigenvalue weighted by Gasteiger charge is -2.10. The zero-order valence-corrected chi connectivity index (χ0v) is 10.0. The molecule has 0 aliphatic rings. The van der Waals surface area contributed by atoms with Crippen LogP contribution in [0.4, 0.5) is 0 Å². The zero-order valence-electron chi connectivity index (χ0n) is 10.0. The van der Waals surface area contributed by atoms with Crippen LogP contribution in [0, 0.1) is 5.92 Å². The van der Waals surface area contributed by atoms with E-state index in [0.29, 0.717) is 11.5 Å². The molecule has 1 heteroatoms. The third-order valence-corrected chi connectivity index (χ3v) is 2.47. The second-order valence-electron chi connectivity index (χ2n) is 3.90. The molecule has 0 aliphatic heterocycles. The van der Waals surface area contributed by atoms with Gasteiger partial charge in [-0.1, -0.05) is 57.0 Å². The van der Waals surface area contributed by atoms with E-state index in [1.54, 1.807) is 6.08 Å². The highest BCUT2D eigenvalue weighted by Gasteiger charge is 2.04. The third-order valence-electron chi connectivity index (χ3n) is 2.47. The van der Waals surface area contributed by atoms with E-state index in [1.807, 2.05) is 12.2 Å². The molecule has 16 heavy (non-hydrogen) atoms. The average molecular weight is 216 g/mol. The van der Waals surface area contributed by atoms with Crippen LogP contribution in [0.2, 0.25) is 0 Å². The van der Waals surface area contributed by atoms with Crippen molar-refractivity contribution >= 4 is 6.29 Å². The molecule has 1 nitrogen and oxygen atoms in total. The fraction of sp³-hybridized carbons (Fsp3) is 0.267. The Hall–Kier alpha value is -1.63. The Morgan fingerprint density at radius 2 is 1.88 bits per heavy atom. The largest absolute Gasteiger partial charge is 0.298 e. The Kier molecular flexibility index (Phi) is 6.86. The monoisotopic (exact) mass is 216 g/mol. The molecule has 0 saturated carbocycles. The highest BCUT2D eigenvalue weighted by Crippen LogP contribution is 2.18. The molecule has 0 aromatic carbocycles. The Morgan fingerprint density at radius 1 is 1.25 bits per heavy atom.